The van der Waals surface area contributed by atoms with Gasteiger partial charge in [-0.15, -0.1) is 0 Å². The molecule has 0 aromatic heterocycles. The number of esters is 1. The number of carboxylic acids is 1. The minimum atomic E-state index is -1.87. The lowest BCUT2D eigenvalue weighted by Gasteiger charge is -2.30. The molecule has 0 spiro atoms. The van der Waals surface area contributed by atoms with Crippen LogP contribution in [-0.2, 0) is 68.7 Å². The van der Waals surface area contributed by atoms with Crippen LogP contribution < -0.4 is 53.6 Å². The maximum Gasteiger partial charge on any atom is 0.328 e. The molecule has 0 bridgehead atoms. The fourth-order valence-corrected chi connectivity index (χ4v) is 7.87. The van der Waals surface area contributed by atoms with Gasteiger partial charge in [0.1, 0.15) is 48.4 Å². The van der Waals surface area contributed by atoms with Gasteiger partial charge in [0, 0.05) is 18.6 Å². The summed E-state index contributed by atoms with van der Waals surface area (Å²) in [7, 11) is 0. The lowest BCUT2D eigenvalue weighted by atomic mass is 9.99. The summed E-state index contributed by atoms with van der Waals surface area (Å²) in [4.78, 5) is 162. The molecule has 78 heavy (non-hydrogen) atoms. The molecule has 24 heteroatoms. The smallest absolute Gasteiger partial charge is 0.328 e. The number of amides is 10. The largest absolute Gasteiger partial charge is 0.478 e. The Morgan fingerprint density at radius 3 is 1.63 bits per heavy atom. The molecule has 8 atom stereocenters. The van der Waals surface area contributed by atoms with E-state index in [0.29, 0.717) is 16.7 Å². The van der Waals surface area contributed by atoms with Crippen molar-refractivity contribution in [2.45, 2.75) is 130 Å². The van der Waals surface area contributed by atoms with Crippen molar-refractivity contribution in [3.63, 3.8) is 0 Å². The zero-order valence-electron chi connectivity index (χ0n) is 45.3. The quantitative estimate of drug-likeness (QED) is 0.0840. The van der Waals surface area contributed by atoms with Crippen molar-refractivity contribution in [3.05, 3.63) is 83.4 Å². The predicted octanol–water partition coefficient (Wildman–Crippen LogP) is -0.499. The molecule has 1 saturated heterocycles. The maximum atomic E-state index is 14.5. The topological polar surface area (TPSA) is 369 Å². The second-order valence-corrected chi connectivity index (χ2v) is 20.2. The van der Waals surface area contributed by atoms with Crippen LogP contribution in [0.1, 0.15) is 91.8 Å². The third-order valence-corrected chi connectivity index (χ3v) is 12.1. The van der Waals surface area contributed by atoms with Crippen molar-refractivity contribution in [1.82, 2.24) is 47.9 Å². The minimum absolute atomic E-state index is 0.0284. The lowest BCUT2D eigenvalue weighted by molar-refractivity contribution is -0.156. The first kappa shape index (κ1) is 63.8. The summed E-state index contributed by atoms with van der Waals surface area (Å²) >= 11 is 0. The number of aliphatic carboxylic acids is 1. The van der Waals surface area contributed by atoms with Gasteiger partial charge in [-0.05, 0) is 65.9 Å². The van der Waals surface area contributed by atoms with Gasteiger partial charge in [-0.3, -0.25) is 47.9 Å². The molecule has 12 N–H and O–H groups in total. The Labute approximate surface area is 453 Å². The number of primary amides is 1. The molecular weight excluding hydrogens is 1010 g/mol. The highest BCUT2D eigenvalue weighted by Gasteiger charge is 2.38. The minimum Gasteiger partial charge on any atom is -0.478 e. The van der Waals surface area contributed by atoms with E-state index in [9.17, 15) is 62.6 Å². The Kier molecular flexibility index (Phi) is 25.3. The molecular formula is C54H74N10O14. The third kappa shape index (κ3) is 21.3. The zero-order chi connectivity index (χ0) is 58.4. The van der Waals surface area contributed by atoms with E-state index in [1.54, 1.807) is 110 Å². The number of carbonyl (C=O) groups excluding carboxylic acids is 11. The van der Waals surface area contributed by atoms with E-state index in [2.05, 4.69) is 47.9 Å². The molecule has 0 unspecified atom stereocenters. The summed E-state index contributed by atoms with van der Waals surface area (Å²) < 4.78 is 5.77. The molecule has 0 radical (unpaired) electrons. The third-order valence-electron chi connectivity index (χ3n) is 12.1. The van der Waals surface area contributed by atoms with Gasteiger partial charge >= 0.3 is 11.9 Å². The van der Waals surface area contributed by atoms with Gasteiger partial charge in [-0.25, -0.2) is 9.59 Å². The zero-order valence-corrected chi connectivity index (χ0v) is 45.3. The molecule has 1 heterocycles. The fraction of sp³-hybridized carbons (Fsp3) is 0.481. The summed E-state index contributed by atoms with van der Waals surface area (Å²) in [6, 6.07) is 4.47. The Morgan fingerprint density at radius 2 is 1.09 bits per heavy atom. The second-order valence-electron chi connectivity index (χ2n) is 20.2. The summed E-state index contributed by atoms with van der Waals surface area (Å²) in [5.41, 5.74) is 6.95. The van der Waals surface area contributed by atoms with E-state index in [-0.39, 0.29) is 18.8 Å². The van der Waals surface area contributed by atoms with Gasteiger partial charge in [0.05, 0.1) is 19.5 Å². The molecule has 2 aromatic carbocycles. The van der Waals surface area contributed by atoms with Crippen molar-refractivity contribution in [3.8, 4) is 0 Å². The van der Waals surface area contributed by atoms with Crippen molar-refractivity contribution in [2.24, 2.45) is 29.4 Å². The monoisotopic (exact) mass is 1090 g/mol. The highest BCUT2D eigenvalue weighted by molar-refractivity contribution is 6.00. The van der Waals surface area contributed by atoms with Gasteiger partial charge in [-0.1, -0.05) is 110 Å². The summed E-state index contributed by atoms with van der Waals surface area (Å²) in [6.45, 7) is 13.1. The van der Waals surface area contributed by atoms with Crippen LogP contribution in [0.15, 0.2) is 66.7 Å². The van der Waals surface area contributed by atoms with Crippen LogP contribution in [0.4, 0.5) is 0 Å². The van der Waals surface area contributed by atoms with Gasteiger partial charge in [0.25, 0.3) is 0 Å². The van der Waals surface area contributed by atoms with E-state index in [0.717, 1.165) is 12.2 Å². The summed E-state index contributed by atoms with van der Waals surface area (Å²) in [5, 5.41) is 31.8. The highest BCUT2D eigenvalue weighted by atomic mass is 16.5. The number of carbonyl (C=O) groups is 12. The molecule has 0 aliphatic carbocycles. The number of cyclic esters (lactones) is 1. The first-order chi connectivity index (χ1) is 36.7. The molecule has 24 nitrogen and oxygen atoms in total. The first-order valence-corrected chi connectivity index (χ1v) is 25.5. The van der Waals surface area contributed by atoms with Gasteiger partial charge in [0.15, 0.2) is 0 Å². The van der Waals surface area contributed by atoms with E-state index < -0.39 is 157 Å². The van der Waals surface area contributed by atoms with Crippen LogP contribution in [0.25, 0.3) is 12.2 Å². The Balaban J connectivity index is 2.17. The SMILES string of the molecule is CC(C)C[C@@H]1NC(=O)[C@@H](C(C)C)NC(=O)CNC(=O)CNC(=O)[C@@H](C(C)C)NC(=O)[C@H](Cc2ccccc2)NC(=O)[C@@H](C(C)C)NC(=O)[C@@H](CC(N)=O)NC(=O)[C@H](NC(=O)/C=C/c2ccccc2/C=C/C(=O)O)[C@@H](C)OC1=O. The van der Waals surface area contributed by atoms with Crippen molar-refractivity contribution in [2.75, 3.05) is 13.1 Å². The maximum absolute atomic E-state index is 14.5. The van der Waals surface area contributed by atoms with Crippen LogP contribution in [-0.4, -0.2) is 138 Å². The lowest BCUT2D eigenvalue weighted by Crippen LogP contribution is -2.62. The number of carboxylic acid groups (broad SMARTS) is 1. The predicted molar refractivity (Wildman–Crippen MR) is 285 cm³/mol. The Bertz CT molecular complexity index is 2570. The molecule has 0 saturated carbocycles. The Hall–Kier alpha value is -8.44. The van der Waals surface area contributed by atoms with Gasteiger partial charge in [-0.2, -0.15) is 0 Å². The molecule has 1 aliphatic heterocycles. The standard InChI is InChI=1S/C54H74N10O14/c1-28(2)23-38-54(77)78-32(9)47(61-40(66)21-19-34-17-13-14-18-35(34)20-22-43(69)70)53(76)59-37(25-39(55)65)49(72)64-46(31(7)8)52(75)58-36(24-33-15-11-10-12-16-33)48(71)63-44(29(3)4)50(73)57-26-41(67)56-27-42(68)62-45(30(5)6)51(74)60-38/h10-22,28-32,36-38,44-47H,23-27H2,1-9H3,(H2,55,65)(H,56,67)(H,57,73)(H,58,75)(H,59,76)(H,60,74)(H,61,66)(H,62,68)(H,63,71)(H,64,72)(H,69,70)/b21-19+,22-20+/t32-,36+,37-,38+,44-,45-,46-,47-/m1/s1. The fourth-order valence-electron chi connectivity index (χ4n) is 7.87. The van der Waals surface area contributed by atoms with Crippen LogP contribution in [0.3, 0.4) is 0 Å². The normalized spacial score (nSPS) is 23.5. The van der Waals surface area contributed by atoms with E-state index in [1.165, 1.54) is 19.1 Å². The average Bonchev–Trinajstić information content (AvgIpc) is 3.36. The number of nitrogens with two attached hydrogens (primary N) is 1. The summed E-state index contributed by atoms with van der Waals surface area (Å²) in [5.74, 6) is -13.7. The number of hydrogen-bond acceptors (Lipinski definition) is 13. The van der Waals surface area contributed by atoms with Crippen LogP contribution in [0.5, 0.6) is 0 Å². The van der Waals surface area contributed by atoms with E-state index in [4.69, 9.17) is 10.5 Å². The molecule has 1 aliphatic rings. The summed E-state index contributed by atoms with van der Waals surface area (Å²) in [6.07, 6.45) is 1.91. The average molecular weight is 1090 g/mol. The van der Waals surface area contributed by atoms with Crippen LogP contribution >= 0.6 is 0 Å². The molecule has 10 amide bonds. The molecule has 1 fully saturated rings. The number of benzene rings is 2. The highest BCUT2D eigenvalue weighted by Crippen LogP contribution is 2.16. The van der Waals surface area contributed by atoms with Gasteiger partial charge < -0.3 is 63.4 Å². The Morgan fingerprint density at radius 1 is 0.603 bits per heavy atom. The number of hydrogen-bond donors (Lipinski definition) is 11. The number of ether oxygens (including phenoxy) is 1. The van der Waals surface area contributed by atoms with Crippen LogP contribution in [0.2, 0.25) is 0 Å². The first-order valence-electron chi connectivity index (χ1n) is 25.5. The number of nitrogens with one attached hydrogen (secondary N) is 9. The molecule has 2 aromatic rings. The van der Waals surface area contributed by atoms with E-state index in [1.807, 2.05) is 0 Å². The van der Waals surface area contributed by atoms with Crippen molar-refractivity contribution in [1.29, 1.82) is 0 Å². The number of rotatable bonds is 14. The second kappa shape index (κ2) is 30.9. The molecule has 3 rings (SSSR count). The van der Waals surface area contributed by atoms with Crippen molar-refractivity contribution >= 4 is 83.2 Å². The van der Waals surface area contributed by atoms with Crippen LogP contribution in [0, 0.1) is 23.7 Å². The van der Waals surface area contributed by atoms with Gasteiger partial charge in [0.2, 0.25) is 59.1 Å². The van der Waals surface area contributed by atoms with E-state index >= 15 is 0 Å². The molecule has 424 valence electrons. The van der Waals surface area contributed by atoms with Crippen molar-refractivity contribution < 1.29 is 67.4 Å².